The number of fused-ring (bicyclic) bond motifs is 1. The molecule has 1 fully saturated rings. The van der Waals surface area contributed by atoms with Crippen LogP contribution in [0.4, 0.5) is 0 Å². The third-order valence-electron chi connectivity index (χ3n) is 4.21. The van der Waals surface area contributed by atoms with Gasteiger partial charge in [-0.2, -0.15) is 0 Å². The number of benzene rings is 2. The molecule has 1 unspecified atom stereocenters. The second-order valence-corrected chi connectivity index (χ2v) is 7.20. The lowest BCUT2D eigenvalue weighted by atomic mass is 10.1. The molecule has 2 heterocycles. The summed E-state index contributed by atoms with van der Waals surface area (Å²) in [6.45, 7) is 0. The minimum atomic E-state index is -0.852. The quantitative estimate of drug-likeness (QED) is 0.671. The Balaban J connectivity index is 1.61. The van der Waals surface area contributed by atoms with Crippen molar-refractivity contribution in [1.82, 2.24) is 10.3 Å². The molecule has 0 spiro atoms. The normalized spacial score (nSPS) is 17.8. The van der Waals surface area contributed by atoms with Crippen LogP contribution in [0.25, 0.3) is 17.0 Å². The van der Waals surface area contributed by atoms with Crippen molar-refractivity contribution in [3.63, 3.8) is 0 Å². The molecule has 1 aliphatic heterocycles. The molecule has 1 atom stereocenters. The molecule has 28 heavy (non-hydrogen) atoms. The van der Waals surface area contributed by atoms with Gasteiger partial charge in [-0.05, 0) is 47.2 Å². The van der Waals surface area contributed by atoms with Crippen LogP contribution in [0.2, 0.25) is 0 Å². The molecule has 1 aliphatic rings. The van der Waals surface area contributed by atoms with Crippen LogP contribution in [0.1, 0.15) is 17.2 Å². The van der Waals surface area contributed by atoms with E-state index in [1.54, 1.807) is 24.4 Å². The van der Waals surface area contributed by atoms with Gasteiger partial charge < -0.3 is 11.1 Å². The number of amidine groups is 1. The van der Waals surface area contributed by atoms with E-state index in [9.17, 15) is 9.59 Å². The third-order valence-corrected chi connectivity index (χ3v) is 5.13. The number of hydrogen-bond donors (Lipinski definition) is 2. The predicted molar refractivity (Wildman–Crippen MR) is 111 cm³/mol. The van der Waals surface area contributed by atoms with Crippen molar-refractivity contribution < 1.29 is 9.59 Å². The Morgan fingerprint density at radius 3 is 2.75 bits per heavy atom. The first-order valence-corrected chi connectivity index (χ1v) is 9.39. The van der Waals surface area contributed by atoms with E-state index >= 15 is 0 Å². The standard InChI is InChI=1S/C21H16N4O2S/c22-19(26)18(14-5-2-1-3-6-14)24-21-25-20(27)17(28-21)12-13-8-9-16-15(11-13)7-4-10-23-16/h1-12,18H,(H2,22,26)(H,24,25,27)/b17-12-. The summed E-state index contributed by atoms with van der Waals surface area (Å²) in [7, 11) is 0. The van der Waals surface area contributed by atoms with Gasteiger partial charge in [0.15, 0.2) is 11.2 Å². The first-order valence-electron chi connectivity index (χ1n) is 8.58. The Hall–Kier alpha value is -3.45. The first-order chi connectivity index (χ1) is 13.6. The Kier molecular flexibility index (Phi) is 4.90. The van der Waals surface area contributed by atoms with E-state index in [4.69, 9.17) is 5.73 Å². The van der Waals surface area contributed by atoms with Crippen LogP contribution in [0.15, 0.2) is 76.8 Å². The summed E-state index contributed by atoms with van der Waals surface area (Å²) in [6.07, 6.45) is 3.53. The lowest BCUT2D eigenvalue weighted by Crippen LogP contribution is -2.25. The summed E-state index contributed by atoms with van der Waals surface area (Å²) in [4.78, 5) is 33.3. The van der Waals surface area contributed by atoms with E-state index in [0.29, 0.717) is 15.6 Å². The molecular formula is C21H16N4O2S. The van der Waals surface area contributed by atoms with Crippen LogP contribution in [0, 0.1) is 0 Å². The number of primary amides is 1. The molecule has 3 aromatic rings. The zero-order valence-corrected chi connectivity index (χ0v) is 15.5. The van der Waals surface area contributed by atoms with Crippen LogP contribution in [-0.4, -0.2) is 22.0 Å². The molecule has 2 amide bonds. The van der Waals surface area contributed by atoms with Crippen molar-refractivity contribution in [3.05, 3.63) is 82.9 Å². The Bertz CT molecular complexity index is 1130. The van der Waals surface area contributed by atoms with E-state index in [1.807, 2.05) is 48.5 Å². The molecule has 1 aromatic heterocycles. The highest BCUT2D eigenvalue weighted by Crippen LogP contribution is 2.29. The summed E-state index contributed by atoms with van der Waals surface area (Å²) in [5.41, 5.74) is 7.96. The summed E-state index contributed by atoms with van der Waals surface area (Å²) >= 11 is 1.19. The van der Waals surface area contributed by atoms with Crippen molar-refractivity contribution in [2.24, 2.45) is 10.7 Å². The number of nitrogens with one attached hydrogen (secondary N) is 1. The lowest BCUT2D eigenvalue weighted by molar-refractivity contribution is -0.119. The van der Waals surface area contributed by atoms with E-state index in [0.717, 1.165) is 16.5 Å². The largest absolute Gasteiger partial charge is 0.368 e. The van der Waals surface area contributed by atoms with Gasteiger partial charge in [-0.3, -0.25) is 14.6 Å². The molecule has 3 N–H and O–H groups in total. The summed E-state index contributed by atoms with van der Waals surface area (Å²) in [5.74, 6) is -0.834. The number of amides is 2. The van der Waals surface area contributed by atoms with Crippen LogP contribution in [0.3, 0.4) is 0 Å². The lowest BCUT2D eigenvalue weighted by Gasteiger charge is -2.09. The van der Waals surface area contributed by atoms with Gasteiger partial charge in [-0.1, -0.05) is 42.5 Å². The maximum Gasteiger partial charge on any atom is 0.264 e. The monoisotopic (exact) mass is 388 g/mol. The van der Waals surface area contributed by atoms with Crippen LogP contribution < -0.4 is 11.1 Å². The maximum absolute atomic E-state index is 12.3. The highest BCUT2D eigenvalue weighted by Gasteiger charge is 2.26. The van der Waals surface area contributed by atoms with Gasteiger partial charge in [0, 0.05) is 11.6 Å². The fourth-order valence-corrected chi connectivity index (χ4v) is 3.73. The highest BCUT2D eigenvalue weighted by atomic mass is 32.2. The summed E-state index contributed by atoms with van der Waals surface area (Å²) in [6, 6.07) is 17.8. The van der Waals surface area contributed by atoms with Crippen molar-refractivity contribution in [2.75, 3.05) is 0 Å². The molecular weight excluding hydrogens is 372 g/mol. The fraction of sp³-hybridized carbons (Fsp3) is 0.0476. The van der Waals surface area contributed by atoms with E-state index in [-0.39, 0.29) is 5.91 Å². The van der Waals surface area contributed by atoms with Gasteiger partial charge in [0.2, 0.25) is 5.91 Å². The second-order valence-electron chi connectivity index (χ2n) is 6.17. The Morgan fingerprint density at radius 1 is 1.14 bits per heavy atom. The molecule has 4 rings (SSSR count). The van der Waals surface area contributed by atoms with Gasteiger partial charge in [-0.25, -0.2) is 4.99 Å². The van der Waals surface area contributed by atoms with Crippen LogP contribution >= 0.6 is 11.8 Å². The van der Waals surface area contributed by atoms with Gasteiger partial charge >= 0.3 is 0 Å². The Labute approximate surface area is 165 Å². The van der Waals surface area contributed by atoms with E-state index in [2.05, 4.69) is 15.3 Å². The van der Waals surface area contributed by atoms with Crippen molar-refractivity contribution in [3.8, 4) is 0 Å². The number of carbonyl (C=O) groups is 2. The van der Waals surface area contributed by atoms with E-state index in [1.165, 1.54) is 11.8 Å². The molecule has 0 bridgehead atoms. The third kappa shape index (κ3) is 3.79. The zero-order valence-electron chi connectivity index (χ0n) is 14.7. The number of rotatable bonds is 4. The van der Waals surface area contributed by atoms with Gasteiger partial charge in [0.05, 0.1) is 10.4 Å². The molecule has 7 heteroatoms. The topological polar surface area (TPSA) is 97.4 Å². The minimum Gasteiger partial charge on any atom is -0.368 e. The van der Waals surface area contributed by atoms with Gasteiger partial charge in [0.25, 0.3) is 5.91 Å². The van der Waals surface area contributed by atoms with Crippen molar-refractivity contribution in [2.45, 2.75) is 6.04 Å². The fourth-order valence-electron chi connectivity index (χ4n) is 2.88. The number of pyridine rings is 1. The molecule has 2 aromatic carbocycles. The second kappa shape index (κ2) is 7.66. The summed E-state index contributed by atoms with van der Waals surface area (Å²) in [5, 5.41) is 4.05. The first kappa shape index (κ1) is 17.9. The molecule has 1 saturated heterocycles. The van der Waals surface area contributed by atoms with Crippen LogP contribution in [0.5, 0.6) is 0 Å². The number of aliphatic imine (C=N–C) groups is 1. The minimum absolute atomic E-state index is 0.258. The SMILES string of the molecule is NC(=O)C(N=C1NC(=O)/C(=C/c2ccc3ncccc3c2)S1)c1ccccc1. The zero-order chi connectivity index (χ0) is 19.5. The maximum atomic E-state index is 12.3. The number of carbonyl (C=O) groups excluding carboxylic acids is 2. The number of hydrogen-bond acceptors (Lipinski definition) is 5. The molecule has 0 saturated carbocycles. The Morgan fingerprint density at radius 2 is 1.96 bits per heavy atom. The number of thioether (sulfide) groups is 1. The number of nitrogens with two attached hydrogens (primary N) is 1. The predicted octanol–water partition coefficient (Wildman–Crippen LogP) is 3.02. The number of aromatic nitrogens is 1. The van der Waals surface area contributed by atoms with Gasteiger partial charge in [-0.15, -0.1) is 0 Å². The molecule has 138 valence electrons. The van der Waals surface area contributed by atoms with Crippen molar-refractivity contribution in [1.29, 1.82) is 0 Å². The highest BCUT2D eigenvalue weighted by molar-refractivity contribution is 8.18. The average Bonchev–Trinajstić information content (AvgIpc) is 3.05. The van der Waals surface area contributed by atoms with Crippen molar-refractivity contribution >= 4 is 45.7 Å². The smallest absolute Gasteiger partial charge is 0.264 e. The number of nitrogens with zero attached hydrogens (tertiary/aromatic N) is 2. The molecule has 0 radical (unpaired) electrons. The van der Waals surface area contributed by atoms with Gasteiger partial charge in [0.1, 0.15) is 0 Å². The molecule has 0 aliphatic carbocycles. The summed E-state index contributed by atoms with van der Waals surface area (Å²) < 4.78 is 0. The average molecular weight is 388 g/mol. The van der Waals surface area contributed by atoms with E-state index < -0.39 is 11.9 Å². The van der Waals surface area contributed by atoms with Crippen LogP contribution in [-0.2, 0) is 9.59 Å². The molecule has 6 nitrogen and oxygen atoms in total.